The van der Waals surface area contributed by atoms with Crippen LogP contribution in [0.5, 0.6) is 0 Å². The van der Waals surface area contributed by atoms with Crippen LogP contribution in [0.4, 0.5) is 17.1 Å². The summed E-state index contributed by atoms with van der Waals surface area (Å²) < 4.78 is 33.6. The van der Waals surface area contributed by atoms with Crippen LogP contribution in [0.15, 0.2) is 88.1 Å². The molecular formula is C25H20N4O6S. The zero-order valence-corrected chi connectivity index (χ0v) is 19.5. The maximum absolute atomic E-state index is 12.2. The minimum Gasteiger partial charge on any atom is -0.481 e. The van der Waals surface area contributed by atoms with Gasteiger partial charge in [0.25, 0.3) is 10.1 Å². The van der Waals surface area contributed by atoms with Gasteiger partial charge in [0, 0.05) is 34.5 Å². The van der Waals surface area contributed by atoms with Crippen molar-refractivity contribution in [2.45, 2.75) is 17.7 Å². The molecule has 0 aliphatic rings. The van der Waals surface area contributed by atoms with Gasteiger partial charge in [0.15, 0.2) is 5.78 Å². The number of carboxylic acids is 1. The number of anilines is 1. The molecular weight excluding hydrogens is 484 g/mol. The predicted molar refractivity (Wildman–Crippen MR) is 133 cm³/mol. The van der Waals surface area contributed by atoms with Gasteiger partial charge in [0.05, 0.1) is 17.8 Å². The number of nitrogens with two attached hydrogens (primary N) is 1. The Hall–Kier alpha value is -4.48. The number of hydrogen-bond donors (Lipinski definition) is 3. The summed E-state index contributed by atoms with van der Waals surface area (Å²) in [6.07, 6.45) is 1.21. The second-order valence-corrected chi connectivity index (χ2v) is 9.18. The predicted octanol–water partition coefficient (Wildman–Crippen LogP) is 5.19. The van der Waals surface area contributed by atoms with Crippen molar-refractivity contribution in [2.75, 3.05) is 5.73 Å². The molecule has 4 aromatic rings. The molecule has 0 unspecified atom stereocenters. The van der Waals surface area contributed by atoms with Crippen molar-refractivity contribution in [2.24, 2.45) is 10.2 Å². The first kappa shape index (κ1) is 24.6. The average molecular weight is 505 g/mol. The first-order valence-electron chi connectivity index (χ1n) is 10.7. The molecule has 0 saturated heterocycles. The van der Waals surface area contributed by atoms with E-state index in [0.717, 1.165) is 6.07 Å². The molecule has 3 aromatic carbocycles. The number of aromatic nitrogens is 1. The normalized spacial score (nSPS) is 11.7. The monoisotopic (exact) mass is 504 g/mol. The van der Waals surface area contributed by atoms with Crippen molar-refractivity contribution >= 4 is 49.7 Å². The van der Waals surface area contributed by atoms with Gasteiger partial charge in [-0.1, -0.05) is 48.5 Å². The van der Waals surface area contributed by atoms with Crippen LogP contribution in [0.2, 0.25) is 0 Å². The van der Waals surface area contributed by atoms with Crippen LogP contribution in [0.25, 0.3) is 22.0 Å². The molecule has 4 N–H and O–H groups in total. The minimum atomic E-state index is -4.55. The Kier molecular flexibility index (Phi) is 6.86. The number of Topliss-reactive ketones (excluding diaryl/α,β-unsaturated/α-hetero) is 1. The minimum absolute atomic E-state index is 0.0514. The first-order chi connectivity index (χ1) is 17.1. The highest BCUT2D eigenvalue weighted by atomic mass is 32.2. The van der Waals surface area contributed by atoms with Gasteiger partial charge in [-0.2, -0.15) is 8.42 Å². The molecule has 0 saturated carbocycles. The lowest BCUT2D eigenvalue weighted by atomic mass is 10.0. The van der Waals surface area contributed by atoms with E-state index in [2.05, 4.69) is 15.2 Å². The summed E-state index contributed by atoms with van der Waals surface area (Å²) in [7, 11) is -4.55. The fourth-order valence-electron chi connectivity index (χ4n) is 3.63. The highest BCUT2D eigenvalue weighted by Gasteiger charge is 2.18. The Morgan fingerprint density at radius 1 is 0.889 bits per heavy atom. The highest BCUT2D eigenvalue weighted by molar-refractivity contribution is 7.86. The zero-order chi connectivity index (χ0) is 25.9. The molecule has 11 heteroatoms. The van der Waals surface area contributed by atoms with E-state index in [-0.39, 0.29) is 40.3 Å². The molecule has 0 fully saturated rings. The maximum Gasteiger partial charge on any atom is 0.303 e. The van der Waals surface area contributed by atoms with Crippen LogP contribution in [-0.2, 0) is 14.9 Å². The summed E-state index contributed by atoms with van der Waals surface area (Å²) >= 11 is 0. The van der Waals surface area contributed by atoms with Gasteiger partial charge < -0.3 is 10.8 Å². The number of ketones is 1. The van der Waals surface area contributed by atoms with Gasteiger partial charge in [-0.3, -0.25) is 19.1 Å². The van der Waals surface area contributed by atoms with Crippen molar-refractivity contribution in [3.8, 4) is 11.3 Å². The molecule has 0 bridgehead atoms. The molecule has 0 aliphatic heterocycles. The quantitative estimate of drug-likeness (QED) is 0.127. The van der Waals surface area contributed by atoms with Gasteiger partial charge in [0.1, 0.15) is 16.3 Å². The zero-order valence-electron chi connectivity index (χ0n) is 18.7. The standard InChI is InChI=1S/C25H20N4O6S/c26-24-18-5-2-1-4-17(18)22(36(33,34)35)14-20(24)29-28-19-6-3-13-27-25(19)16-9-7-15(8-10-16)21(30)11-12-23(31)32/h1-10,13-14H,11-12,26H2,(H,31,32)(H,33,34,35). The number of carbonyl (C=O) groups is 2. The summed E-state index contributed by atoms with van der Waals surface area (Å²) in [6.45, 7) is 0. The molecule has 0 radical (unpaired) electrons. The maximum atomic E-state index is 12.2. The number of pyridine rings is 1. The number of rotatable bonds is 8. The number of hydrogen-bond acceptors (Lipinski definition) is 8. The average Bonchev–Trinajstić information content (AvgIpc) is 2.86. The number of nitrogens with zero attached hydrogens (tertiary/aromatic N) is 3. The molecule has 0 amide bonds. The molecule has 1 aromatic heterocycles. The van der Waals surface area contributed by atoms with Crippen LogP contribution in [0, 0.1) is 0 Å². The molecule has 0 atom stereocenters. The summed E-state index contributed by atoms with van der Waals surface area (Å²) in [4.78, 5) is 26.9. The second-order valence-electron chi connectivity index (χ2n) is 7.79. The van der Waals surface area contributed by atoms with E-state index in [9.17, 15) is 22.6 Å². The molecule has 10 nitrogen and oxygen atoms in total. The molecule has 4 rings (SSSR count). The summed E-state index contributed by atoms with van der Waals surface area (Å²) in [5, 5.41) is 17.8. The Morgan fingerprint density at radius 2 is 1.56 bits per heavy atom. The molecule has 1 heterocycles. The first-order valence-corrected chi connectivity index (χ1v) is 12.1. The van der Waals surface area contributed by atoms with Crippen molar-refractivity contribution in [1.82, 2.24) is 4.98 Å². The number of aliphatic carboxylic acids is 1. The number of azo groups is 1. The fourth-order valence-corrected chi connectivity index (χ4v) is 4.35. The number of carboxylic acid groups (broad SMARTS) is 1. The Balaban J connectivity index is 1.70. The highest BCUT2D eigenvalue weighted by Crippen LogP contribution is 2.37. The molecule has 0 aliphatic carbocycles. The Bertz CT molecular complexity index is 1620. The third kappa shape index (κ3) is 5.27. The summed E-state index contributed by atoms with van der Waals surface area (Å²) in [5.74, 6) is -1.33. The fraction of sp³-hybridized carbons (Fsp3) is 0.0800. The van der Waals surface area contributed by atoms with Gasteiger partial charge >= 0.3 is 5.97 Å². The SMILES string of the molecule is Nc1c(N=Nc2cccnc2-c2ccc(C(=O)CCC(=O)O)cc2)cc(S(=O)(=O)O)c2ccccc12. The van der Waals surface area contributed by atoms with E-state index >= 15 is 0 Å². The van der Waals surface area contributed by atoms with Crippen LogP contribution in [0.3, 0.4) is 0 Å². The number of carbonyl (C=O) groups excluding carboxylic acids is 1. The third-order valence-electron chi connectivity index (χ3n) is 5.40. The largest absolute Gasteiger partial charge is 0.481 e. The Morgan fingerprint density at radius 3 is 2.22 bits per heavy atom. The lowest BCUT2D eigenvalue weighted by Gasteiger charge is -2.09. The number of nitrogen functional groups attached to an aromatic ring is 1. The van der Waals surface area contributed by atoms with Gasteiger partial charge in [-0.15, -0.1) is 10.2 Å². The van der Waals surface area contributed by atoms with Gasteiger partial charge in [0.2, 0.25) is 0 Å². The Labute approximate surface area is 205 Å². The van der Waals surface area contributed by atoms with Crippen molar-refractivity contribution in [1.29, 1.82) is 0 Å². The number of benzene rings is 3. The van der Waals surface area contributed by atoms with Crippen molar-refractivity contribution in [3.05, 3.63) is 78.5 Å². The molecule has 0 spiro atoms. The summed E-state index contributed by atoms with van der Waals surface area (Å²) in [5.41, 5.74) is 8.26. The van der Waals surface area contributed by atoms with E-state index in [1.54, 1.807) is 60.8 Å². The van der Waals surface area contributed by atoms with E-state index in [0.29, 0.717) is 27.9 Å². The smallest absolute Gasteiger partial charge is 0.303 e. The lowest BCUT2D eigenvalue weighted by Crippen LogP contribution is -2.03. The van der Waals surface area contributed by atoms with E-state index < -0.39 is 16.1 Å². The van der Waals surface area contributed by atoms with Crippen LogP contribution < -0.4 is 5.73 Å². The topological polar surface area (TPSA) is 172 Å². The van der Waals surface area contributed by atoms with Crippen LogP contribution in [0.1, 0.15) is 23.2 Å². The van der Waals surface area contributed by atoms with Gasteiger partial charge in [-0.05, 0) is 18.2 Å². The number of fused-ring (bicyclic) bond motifs is 1. The molecule has 182 valence electrons. The summed E-state index contributed by atoms with van der Waals surface area (Å²) in [6, 6.07) is 17.4. The third-order valence-corrected chi connectivity index (χ3v) is 6.30. The van der Waals surface area contributed by atoms with Crippen molar-refractivity contribution in [3.63, 3.8) is 0 Å². The lowest BCUT2D eigenvalue weighted by molar-refractivity contribution is -0.136. The van der Waals surface area contributed by atoms with Crippen LogP contribution >= 0.6 is 0 Å². The van der Waals surface area contributed by atoms with E-state index in [1.165, 1.54) is 6.07 Å². The molecule has 36 heavy (non-hydrogen) atoms. The van der Waals surface area contributed by atoms with Gasteiger partial charge in [-0.25, -0.2) is 0 Å². The van der Waals surface area contributed by atoms with E-state index in [1.807, 2.05) is 0 Å². The van der Waals surface area contributed by atoms with Crippen LogP contribution in [-0.4, -0.2) is 34.8 Å². The van der Waals surface area contributed by atoms with Crippen molar-refractivity contribution < 1.29 is 27.7 Å². The van der Waals surface area contributed by atoms with E-state index in [4.69, 9.17) is 10.8 Å². The second kappa shape index (κ2) is 10.0.